The van der Waals surface area contributed by atoms with Gasteiger partial charge in [-0.25, -0.2) is 0 Å². The fraction of sp³-hybridized carbons (Fsp3) is 0.588. The highest BCUT2D eigenvalue weighted by atomic mass is 32.2. The molecule has 0 saturated heterocycles. The van der Waals surface area contributed by atoms with Crippen LogP contribution < -0.4 is 5.32 Å². The second-order valence-corrected chi connectivity index (χ2v) is 6.60. The molecule has 1 aromatic carbocycles. The lowest BCUT2D eigenvalue weighted by molar-refractivity contribution is -0.145. The largest absolute Gasteiger partial charge is 0.480 e. The smallest absolute Gasteiger partial charge is 0.323 e. The van der Waals surface area contributed by atoms with Crippen LogP contribution in [-0.2, 0) is 4.79 Å². The third kappa shape index (κ3) is 5.71. The van der Waals surface area contributed by atoms with E-state index in [1.165, 1.54) is 10.5 Å². The lowest BCUT2D eigenvalue weighted by Crippen LogP contribution is -2.52. The molecule has 0 spiro atoms. The van der Waals surface area contributed by atoms with E-state index in [9.17, 15) is 9.90 Å². The summed E-state index contributed by atoms with van der Waals surface area (Å²) < 4.78 is 0. The van der Waals surface area contributed by atoms with Crippen LogP contribution in [0.4, 0.5) is 0 Å². The number of thioether (sulfide) groups is 1. The summed E-state index contributed by atoms with van der Waals surface area (Å²) in [4.78, 5) is 12.9. The molecule has 0 saturated carbocycles. The maximum absolute atomic E-state index is 11.6. The van der Waals surface area contributed by atoms with Gasteiger partial charge < -0.3 is 10.4 Å². The fourth-order valence-electron chi connectivity index (χ4n) is 2.36. The highest BCUT2D eigenvalue weighted by Gasteiger charge is 2.35. The van der Waals surface area contributed by atoms with Crippen molar-refractivity contribution in [2.75, 3.05) is 12.3 Å². The number of hydrogen-bond acceptors (Lipinski definition) is 3. The molecular weight excluding hydrogens is 282 g/mol. The average molecular weight is 309 g/mol. The Balaban J connectivity index is 2.48. The Hall–Kier alpha value is -1.00. The highest BCUT2D eigenvalue weighted by molar-refractivity contribution is 7.99. The van der Waals surface area contributed by atoms with Gasteiger partial charge in [0.15, 0.2) is 0 Å². The highest BCUT2D eigenvalue weighted by Crippen LogP contribution is 2.24. The number of carboxylic acids is 1. The topological polar surface area (TPSA) is 49.3 Å². The van der Waals surface area contributed by atoms with Crippen LogP contribution in [0.1, 0.15) is 45.1 Å². The Morgan fingerprint density at radius 2 is 2.14 bits per heavy atom. The van der Waals surface area contributed by atoms with Gasteiger partial charge in [0.2, 0.25) is 0 Å². The molecule has 0 aliphatic rings. The first-order chi connectivity index (χ1) is 10.0. The summed E-state index contributed by atoms with van der Waals surface area (Å²) >= 11 is 1.80. The molecule has 0 aliphatic heterocycles. The van der Waals surface area contributed by atoms with Crippen molar-refractivity contribution in [1.29, 1.82) is 0 Å². The summed E-state index contributed by atoms with van der Waals surface area (Å²) in [5.41, 5.74) is 0.501. The standard InChI is InChI=1S/C17H27NO2S/c1-4-11-18-17(5-2,16(19)20)10-7-12-21-15-9-6-8-14(3)13-15/h6,8-9,13,18H,4-5,7,10-12H2,1-3H3,(H,19,20). The van der Waals surface area contributed by atoms with E-state index < -0.39 is 11.5 Å². The molecule has 0 bridgehead atoms. The number of benzene rings is 1. The number of carboxylic acid groups (broad SMARTS) is 1. The van der Waals surface area contributed by atoms with E-state index in [2.05, 4.69) is 43.4 Å². The summed E-state index contributed by atoms with van der Waals surface area (Å²) in [6, 6.07) is 8.43. The van der Waals surface area contributed by atoms with Gasteiger partial charge in [0.25, 0.3) is 0 Å². The normalized spacial score (nSPS) is 13.9. The SMILES string of the molecule is CCCNC(CC)(CCCSc1cccc(C)c1)C(=O)O. The first-order valence-corrected chi connectivity index (χ1v) is 8.70. The number of aliphatic carboxylic acids is 1. The number of carbonyl (C=O) groups is 1. The lowest BCUT2D eigenvalue weighted by atomic mass is 9.90. The van der Waals surface area contributed by atoms with E-state index in [-0.39, 0.29) is 0 Å². The van der Waals surface area contributed by atoms with E-state index in [0.717, 1.165) is 25.1 Å². The molecule has 1 rings (SSSR count). The zero-order chi connectivity index (χ0) is 15.7. The van der Waals surface area contributed by atoms with E-state index in [1.54, 1.807) is 11.8 Å². The molecule has 2 N–H and O–H groups in total. The predicted octanol–water partition coefficient (Wildman–Crippen LogP) is 4.10. The number of aryl methyl sites for hydroxylation is 1. The molecule has 1 atom stereocenters. The fourth-order valence-corrected chi connectivity index (χ4v) is 3.33. The monoisotopic (exact) mass is 309 g/mol. The zero-order valence-electron chi connectivity index (χ0n) is 13.3. The van der Waals surface area contributed by atoms with Crippen molar-refractivity contribution in [3.05, 3.63) is 29.8 Å². The summed E-state index contributed by atoms with van der Waals surface area (Å²) in [6.45, 7) is 6.85. The predicted molar refractivity (Wildman–Crippen MR) is 90.1 cm³/mol. The maximum Gasteiger partial charge on any atom is 0.323 e. The van der Waals surface area contributed by atoms with Crippen molar-refractivity contribution in [3.63, 3.8) is 0 Å². The third-order valence-corrected chi connectivity index (χ3v) is 4.81. The minimum absolute atomic E-state index is 0.622. The molecule has 0 aromatic heterocycles. The van der Waals surface area contributed by atoms with E-state index >= 15 is 0 Å². The Kier molecular flexibility index (Phi) is 7.83. The minimum atomic E-state index is -0.761. The lowest BCUT2D eigenvalue weighted by Gasteiger charge is -2.29. The van der Waals surface area contributed by atoms with Gasteiger partial charge >= 0.3 is 5.97 Å². The first-order valence-electron chi connectivity index (χ1n) is 7.72. The first kappa shape index (κ1) is 18.1. The second-order valence-electron chi connectivity index (χ2n) is 5.44. The van der Waals surface area contributed by atoms with Crippen LogP contribution in [0.3, 0.4) is 0 Å². The Labute approximate surface area is 132 Å². The van der Waals surface area contributed by atoms with Crippen LogP contribution in [0.15, 0.2) is 29.2 Å². The Bertz CT molecular complexity index is 450. The van der Waals surface area contributed by atoms with Gasteiger partial charge in [-0.15, -0.1) is 11.8 Å². The molecule has 1 unspecified atom stereocenters. The minimum Gasteiger partial charge on any atom is -0.480 e. The van der Waals surface area contributed by atoms with Crippen LogP contribution in [0.25, 0.3) is 0 Å². The molecule has 3 nitrogen and oxygen atoms in total. The van der Waals surface area contributed by atoms with Crippen LogP contribution >= 0.6 is 11.8 Å². The third-order valence-electron chi connectivity index (χ3n) is 3.73. The van der Waals surface area contributed by atoms with Crippen molar-refractivity contribution < 1.29 is 9.90 Å². The van der Waals surface area contributed by atoms with Gasteiger partial charge in [0.05, 0.1) is 0 Å². The Morgan fingerprint density at radius 3 is 2.71 bits per heavy atom. The number of rotatable bonds is 10. The molecule has 118 valence electrons. The van der Waals surface area contributed by atoms with Crippen LogP contribution in [0.2, 0.25) is 0 Å². The van der Waals surface area contributed by atoms with Gasteiger partial charge in [-0.1, -0.05) is 31.5 Å². The van der Waals surface area contributed by atoms with Gasteiger partial charge in [-0.3, -0.25) is 4.79 Å². The van der Waals surface area contributed by atoms with Crippen molar-refractivity contribution in [2.24, 2.45) is 0 Å². The van der Waals surface area contributed by atoms with Gasteiger partial charge in [0.1, 0.15) is 5.54 Å². The maximum atomic E-state index is 11.6. The molecule has 0 radical (unpaired) electrons. The molecule has 21 heavy (non-hydrogen) atoms. The Morgan fingerprint density at radius 1 is 1.38 bits per heavy atom. The van der Waals surface area contributed by atoms with E-state index in [0.29, 0.717) is 12.8 Å². The van der Waals surface area contributed by atoms with Gasteiger partial charge in [-0.05, 0) is 57.0 Å². The molecular formula is C17H27NO2S. The molecule has 0 aliphatic carbocycles. The summed E-state index contributed by atoms with van der Waals surface area (Å²) in [7, 11) is 0. The van der Waals surface area contributed by atoms with Gasteiger partial charge in [0, 0.05) is 4.90 Å². The molecule has 1 aromatic rings. The number of hydrogen-bond donors (Lipinski definition) is 2. The average Bonchev–Trinajstić information content (AvgIpc) is 2.46. The molecule has 0 amide bonds. The summed E-state index contributed by atoms with van der Waals surface area (Å²) in [5, 5.41) is 12.8. The quantitative estimate of drug-likeness (QED) is 0.504. The second kappa shape index (κ2) is 9.11. The van der Waals surface area contributed by atoms with Crippen LogP contribution in [0, 0.1) is 6.92 Å². The van der Waals surface area contributed by atoms with Crippen molar-refractivity contribution in [1.82, 2.24) is 5.32 Å². The van der Waals surface area contributed by atoms with Crippen molar-refractivity contribution >= 4 is 17.7 Å². The summed E-state index contributed by atoms with van der Waals surface area (Å²) in [5.74, 6) is 0.228. The molecule has 0 heterocycles. The zero-order valence-corrected chi connectivity index (χ0v) is 14.1. The number of nitrogens with one attached hydrogen (secondary N) is 1. The summed E-state index contributed by atoms with van der Waals surface area (Å²) in [6.07, 6.45) is 3.15. The van der Waals surface area contributed by atoms with E-state index in [1.807, 2.05) is 6.92 Å². The van der Waals surface area contributed by atoms with E-state index in [4.69, 9.17) is 0 Å². The van der Waals surface area contributed by atoms with Crippen molar-refractivity contribution in [2.45, 2.75) is 56.9 Å². The van der Waals surface area contributed by atoms with Gasteiger partial charge in [-0.2, -0.15) is 0 Å². The van der Waals surface area contributed by atoms with Crippen molar-refractivity contribution in [3.8, 4) is 0 Å². The molecule has 4 heteroatoms. The van der Waals surface area contributed by atoms with Crippen LogP contribution in [-0.4, -0.2) is 28.9 Å². The van der Waals surface area contributed by atoms with Crippen LogP contribution in [0.5, 0.6) is 0 Å². The molecule has 0 fully saturated rings.